The van der Waals surface area contributed by atoms with Crippen LogP contribution in [0.5, 0.6) is 0 Å². The Morgan fingerprint density at radius 2 is 2.13 bits per heavy atom. The molecular weight excluding hydrogens is 192 g/mol. The summed E-state index contributed by atoms with van der Waals surface area (Å²) in [6.07, 6.45) is 1.02. The molecule has 0 spiro atoms. The molecule has 0 aliphatic carbocycles. The Morgan fingerprint density at radius 1 is 1.47 bits per heavy atom. The molecule has 1 amide bonds. The van der Waals surface area contributed by atoms with Crippen molar-refractivity contribution in [2.75, 3.05) is 6.61 Å². The van der Waals surface area contributed by atoms with Crippen LogP contribution in [0.25, 0.3) is 0 Å². The number of carbonyl (C=O) groups excluding carboxylic acids is 1. The predicted octanol–water partition coefficient (Wildman–Crippen LogP) is 2.08. The van der Waals surface area contributed by atoms with Crippen molar-refractivity contribution < 1.29 is 9.53 Å². The fraction of sp³-hybridized carbons (Fsp3) is 0.273. The van der Waals surface area contributed by atoms with Crippen molar-refractivity contribution in [1.29, 1.82) is 0 Å². The zero-order valence-corrected chi connectivity index (χ0v) is 8.86. The predicted molar refractivity (Wildman–Crippen MR) is 58.9 cm³/mol. The van der Waals surface area contributed by atoms with E-state index in [2.05, 4.69) is 15.3 Å². The smallest absolute Gasteiger partial charge is 0.427 e. The number of ether oxygens (including phenoxy) is 1. The molecule has 1 rings (SSSR count). The molecule has 0 saturated carbocycles. The van der Waals surface area contributed by atoms with Gasteiger partial charge in [0.25, 0.3) is 0 Å². The largest absolute Gasteiger partial charge is 0.449 e. The first-order chi connectivity index (χ1) is 7.22. The second-order valence-corrected chi connectivity index (χ2v) is 3.00. The molecule has 0 atom stereocenters. The maximum absolute atomic E-state index is 10.8. The zero-order chi connectivity index (χ0) is 11.1. The number of hydrogen-bond acceptors (Lipinski definition) is 3. The summed E-state index contributed by atoms with van der Waals surface area (Å²) in [5, 5.41) is 3.74. The molecule has 80 valence electrons. The minimum Gasteiger partial charge on any atom is -0.449 e. The number of nitrogens with zero attached hydrogens (tertiary/aromatic N) is 1. The molecular formula is C11H14N2O2. The van der Waals surface area contributed by atoms with Gasteiger partial charge in [0.05, 0.1) is 12.8 Å². The molecule has 0 aliphatic rings. The van der Waals surface area contributed by atoms with E-state index in [1.807, 2.05) is 31.2 Å². The van der Waals surface area contributed by atoms with Crippen molar-refractivity contribution in [3.63, 3.8) is 0 Å². The van der Waals surface area contributed by atoms with Crippen molar-refractivity contribution in [2.24, 2.45) is 5.10 Å². The van der Waals surface area contributed by atoms with E-state index in [1.54, 1.807) is 13.1 Å². The highest BCUT2D eigenvalue weighted by Crippen LogP contribution is 1.99. The number of hydrogen-bond donors (Lipinski definition) is 1. The monoisotopic (exact) mass is 206 g/mol. The maximum atomic E-state index is 10.8. The molecule has 0 bridgehead atoms. The first-order valence-electron chi connectivity index (χ1n) is 4.75. The summed E-state index contributed by atoms with van der Waals surface area (Å²) in [7, 11) is 0. The average Bonchev–Trinajstić information content (AvgIpc) is 2.21. The van der Waals surface area contributed by atoms with E-state index in [0.717, 1.165) is 5.56 Å². The Balaban J connectivity index is 2.44. The number of rotatable bonds is 3. The van der Waals surface area contributed by atoms with E-state index in [0.29, 0.717) is 6.61 Å². The Labute approximate surface area is 88.9 Å². The summed E-state index contributed by atoms with van der Waals surface area (Å²) in [6.45, 7) is 4.09. The number of nitrogens with one attached hydrogen (secondary N) is 1. The standard InChI is InChI=1S/C11H14N2O2/c1-3-15-11(14)13-12-8-10-6-4-9(2)5-7-10/h4-8H,3H2,1-2H3,(H,13,14)/b12-8+. The quantitative estimate of drug-likeness (QED) is 0.608. The Hall–Kier alpha value is -1.84. The van der Waals surface area contributed by atoms with Crippen LogP contribution in [-0.4, -0.2) is 18.9 Å². The molecule has 1 aromatic rings. The summed E-state index contributed by atoms with van der Waals surface area (Å²) < 4.78 is 4.64. The highest BCUT2D eigenvalue weighted by Gasteiger charge is 1.94. The van der Waals surface area contributed by atoms with Crippen LogP contribution in [0.3, 0.4) is 0 Å². The molecule has 0 unspecified atom stereocenters. The second-order valence-electron chi connectivity index (χ2n) is 3.00. The van der Waals surface area contributed by atoms with Gasteiger partial charge in [0, 0.05) is 0 Å². The summed E-state index contributed by atoms with van der Waals surface area (Å²) in [5.74, 6) is 0. The van der Waals surface area contributed by atoms with Gasteiger partial charge in [-0.15, -0.1) is 0 Å². The van der Waals surface area contributed by atoms with Gasteiger partial charge in [0.15, 0.2) is 0 Å². The Morgan fingerprint density at radius 3 is 2.73 bits per heavy atom. The molecule has 1 aromatic carbocycles. The van der Waals surface area contributed by atoms with E-state index < -0.39 is 6.09 Å². The number of amides is 1. The van der Waals surface area contributed by atoms with E-state index in [-0.39, 0.29) is 0 Å². The van der Waals surface area contributed by atoms with Gasteiger partial charge in [-0.2, -0.15) is 5.10 Å². The molecule has 4 nitrogen and oxygen atoms in total. The van der Waals surface area contributed by atoms with Crippen LogP contribution in [0.15, 0.2) is 29.4 Å². The lowest BCUT2D eigenvalue weighted by molar-refractivity contribution is 0.152. The van der Waals surface area contributed by atoms with Gasteiger partial charge >= 0.3 is 6.09 Å². The fourth-order valence-electron chi connectivity index (χ4n) is 0.975. The van der Waals surface area contributed by atoms with Crippen LogP contribution in [0.4, 0.5) is 4.79 Å². The molecule has 0 radical (unpaired) electrons. The van der Waals surface area contributed by atoms with Crippen LogP contribution in [0.1, 0.15) is 18.1 Å². The normalized spacial score (nSPS) is 10.3. The van der Waals surface area contributed by atoms with Gasteiger partial charge in [-0.25, -0.2) is 10.2 Å². The lowest BCUT2D eigenvalue weighted by Crippen LogP contribution is -2.18. The van der Waals surface area contributed by atoms with Gasteiger partial charge < -0.3 is 4.74 Å². The minimum absolute atomic E-state index is 0.339. The molecule has 4 heteroatoms. The van der Waals surface area contributed by atoms with Crippen molar-refractivity contribution in [3.05, 3.63) is 35.4 Å². The van der Waals surface area contributed by atoms with Gasteiger partial charge in [0.2, 0.25) is 0 Å². The van der Waals surface area contributed by atoms with Crippen molar-refractivity contribution >= 4 is 12.3 Å². The lowest BCUT2D eigenvalue weighted by atomic mass is 10.2. The third-order valence-electron chi connectivity index (χ3n) is 1.72. The van der Waals surface area contributed by atoms with Crippen LogP contribution in [-0.2, 0) is 4.74 Å². The van der Waals surface area contributed by atoms with Gasteiger partial charge in [-0.3, -0.25) is 0 Å². The van der Waals surface area contributed by atoms with Crippen LogP contribution in [0.2, 0.25) is 0 Å². The molecule has 0 aromatic heterocycles. The van der Waals surface area contributed by atoms with Crippen molar-refractivity contribution in [2.45, 2.75) is 13.8 Å². The summed E-state index contributed by atoms with van der Waals surface area (Å²) in [5.41, 5.74) is 4.37. The van der Waals surface area contributed by atoms with Crippen molar-refractivity contribution in [3.8, 4) is 0 Å². The van der Waals surface area contributed by atoms with Gasteiger partial charge in [0.1, 0.15) is 0 Å². The summed E-state index contributed by atoms with van der Waals surface area (Å²) in [6, 6.07) is 7.80. The molecule has 0 heterocycles. The molecule has 0 aliphatic heterocycles. The number of hydrazone groups is 1. The first-order valence-corrected chi connectivity index (χ1v) is 4.75. The van der Waals surface area contributed by atoms with Gasteiger partial charge in [-0.05, 0) is 19.4 Å². The maximum Gasteiger partial charge on any atom is 0.427 e. The van der Waals surface area contributed by atoms with E-state index in [1.165, 1.54) is 5.56 Å². The molecule has 1 N–H and O–H groups in total. The lowest BCUT2D eigenvalue weighted by Gasteiger charge is -1.98. The average molecular weight is 206 g/mol. The number of carbonyl (C=O) groups is 1. The van der Waals surface area contributed by atoms with Crippen molar-refractivity contribution in [1.82, 2.24) is 5.43 Å². The summed E-state index contributed by atoms with van der Waals surface area (Å²) >= 11 is 0. The van der Waals surface area contributed by atoms with Crippen LogP contribution in [0, 0.1) is 6.92 Å². The second kappa shape index (κ2) is 5.80. The molecule has 15 heavy (non-hydrogen) atoms. The summed E-state index contributed by atoms with van der Waals surface area (Å²) in [4.78, 5) is 10.8. The minimum atomic E-state index is -0.541. The molecule has 0 fully saturated rings. The van der Waals surface area contributed by atoms with E-state index in [9.17, 15) is 4.79 Å². The van der Waals surface area contributed by atoms with E-state index >= 15 is 0 Å². The third-order valence-corrected chi connectivity index (χ3v) is 1.72. The first kappa shape index (κ1) is 11.2. The Bertz CT molecular complexity index is 344. The SMILES string of the molecule is CCOC(=O)N/N=C/c1ccc(C)cc1. The zero-order valence-electron chi connectivity index (χ0n) is 8.86. The highest BCUT2D eigenvalue weighted by atomic mass is 16.5. The van der Waals surface area contributed by atoms with E-state index in [4.69, 9.17) is 0 Å². The fourth-order valence-corrected chi connectivity index (χ4v) is 0.975. The van der Waals surface area contributed by atoms with Gasteiger partial charge in [-0.1, -0.05) is 29.8 Å². The molecule has 0 saturated heterocycles. The number of aryl methyl sites for hydroxylation is 1. The van der Waals surface area contributed by atoms with Crippen LogP contribution >= 0.6 is 0 Å². The topological polar surface area (TPSA) is 50.7 Å². The third kappa shape index (κ3) is 4.26. The van der Waals surface area contributed by atoms with Crippen LogP contribution < -0.4 is 5.43 Å². The highest BCUT2D eigenvalue weighted by molar-refractivity contribution is 5.80. The number of benzene rings is 1. The Kier molecular flexibility index (Phi) is 4.34.